The molecule has 4 atom stereocenters. The molecule has 0 spiro atoms. The van der Waals surface area contributed by atoms with E-state index in [0.29, 0.717) is 24.9 Å². The van der Waals surface area contributed by atoms with Gasteiger partial charge in [0, 0.05) is 25.7 Å². The van der Waals surface area contributed by atoms with E-state index in [-0.39, 0.29) is 24.4 Å². The van der Waals surface area contributed by atoms with Crippen molar-refractivity contribution in [3.8, 4) is 5.75 Å². The Morgan fingerprint density at radius 1 is 1.14 bits per heavy atom. The highest BCUT2D eigenvalue weighted by Gasteiger charge is 2.53. The van der Waals surface area contributed by atoms with Crippen molar-refractivity contribution in [3.63, 3.8) is 0 Å². The minimum Gasteiger partial charge on any atom is -0.491 e. The lowest BCUT2D eigenvalue weighted by Crippen LogP contribution is -2.55. The Morgan fingerprint density at radius 3 is 2.59 bits per heavy atom. The maximum Gasteiger partial charge on any atom is 0.248 e. The molecule has 1 amide bonds. The van der Waals surface area contributed by atoms with Crippen LogP contribution in [-0.2, 0) is 9.53 Å². The van der Waals surface area contributed by atoms with Crippen molar-refractivity contribution >= 4 is 5.91 Å². The molecule has 29 heavy (non-hydrogen) atoms. The highest BCUT2D eigenvalue weighted by Crippen LogP contribution is 2.49. The Bertz CT molecular complexity index is 713. The van der Waals surface area contributed by atoms with Crippen LogP contribution < -0.4 is 10.1 Å². The van der Waals surface area contributed by atoms with Crippen LogP contribution in [0.2, 0.25) is 0 Å². The molecular weight excluding hydrogens is 373 g/mol. The van der Waals surface area contributed by atoms with Crippen LogP contribution in [0.4, 0.5) is 4.39 Å². The summed E-state index contributed by atoms with van der Waals surface area (Å²) in [7, 11) is 0. The summed E-state index contributed by atoms with van der Waals surface area (Å²) in [6.07, 6.45) is 1.93. The van der Waals surface area contributed by atoms with Gasteiger partial charge in [0.05, 0.1) is 6.54 Å². The second-order valence-corrected chi connectivity index (χ2v) is 8.93. The third kappa shape index (κ3) is 4.27. The molecule has 3 saturated heterocycles. The third-order valence-corrected chi connectivity index (χ3v) is 7.15. The van der Waals surface area contributed by atoms with E-state index in [1.165, 1.54) is 31.8 Å². The van der Waals surface area contributed by atoms with Gasteiger partial charge in [-0.05, 0) is 68.0 Å². The zero-order valence-corrected chi connectivity index (χ0v) is 16.8. The van der Waals surface area contributed by atoms with E-state index < -0.39 is 0 Å². The summed E-state index contributed by atoms with van der Waals surface area (Å²) in [4.78, 5) is 17.1. The van der Waals surface area contributed by atoms with Gasteiger partial charge in [-0.1, -0.05) is 0 Å². The van der Waals surface area contributed by atoms with Crippen molar-refractivity contribution in [1.29, 1.82) is 0 Å². The number of carbonyl (C=O) groups is 1. The predicted octanol–water partition coefficient (Wildman–Crippen LogP) is 1.36. The van der Waals surface area contributed by atoms with E-state index in [2.05, 4.69) is 10.2 Å². The van der Waals surface area contributed by atoms with Gasteiger partial charge in [-0.2, -0.15) is 0 Å². The molecule has 5 rings (SSSR count). The fourth-order valence-corrected chi connectivity index (χ4v) is 5.35. The van der Waals surface area contributed by atoms with Gasteiger partial charge in [0.25, 0.3) is 0 Å². The minimum atomic E-state index is -0.282. The molecule has 4 fully saturated rings. The van der Waals surface area contributed by atoms with Crippen LogP contribution in [0.25, 0.3) is 0 Å². The van der Waals surface area contributed by atoms with E-state index in [0.717, 1.165) is 43.7 Å². The van der Waals surface area contributed by atoms with Crippen molar-refractivity contribution in [3.05, 3.63) is 30.1 Å². The summed E-state index contributed by atoms with van der Waals surface area (Å²) in [6, 6.07) is 6.29. The molecule has 3 aliphatic heterocycles. The zero-order chi connectivity index (χ0) is 19.8. The van der Waals surface area contributed by atoms with Gasteiger partial charge in [0.15, 0.2) is 0 Å². The molecule has 158 valence electrons. The van der Waals surface area contributed by atoms with Gasteiger partial charge in [0.1, 0.15) is 30.9 Å². The number of morpholine rings is 1. The number of rotatable bonds is 6. The quantitative estimate of drug-likeness (QED) is 0.778. The first-order valence-corrected chi connectivity index (χ1v) is 10.9. The normalized spacial score (nSPS) is 33.0. The molecule has 0 bridgehead atoms. The van der Waals surface area contributed by atoms with Crippen LogP contribution in [0.1, 0.15) is 12.8 Å². The highest BCUT2D eigenvalue weighted by atomic mass is 19.1. The van der Waals surface area contributed by atoms with E-state index in [1.54, 1.807) is 12.1 Å². The third-order valence-electron chi connectivity index (χ3n) is 7.15. The van der Waals surface area contributed by atoms with Gasteiger partial charge in [-0.3, -0.25) is 4.79 Å². The first-order chi connectivity index (χ1) is 14.2. The molecule has 1 N–H and O–H groups in total. The fraction of sp³-hybridized carbons (Fsp3) is 0.682. The highest BCUT2D eigenvalue weighted by molar-refractivity contribution is 5.78. The first-order valence-electron chi connectivity index (χ1n) is 10.9. The van der Waals surface area contributed by atoms with E-state index in [4.69, 9.17) is 9.47 Å². The number of likely N-dealkylation sites (tertiary alicyclic amines) is 1. The number of nitrogens with one attached hydrogen (secondary N) is 1. The molecular formula is C22H30FN3O3. The second kappa shape index (κ2) is 8.20. The molecule has 1 aromatic rings. The summed E-state index contributed by atoms with van der Waals surface area (Å²) in [5.41, 5.74) is 0. The number of amides is 1. The van der Waals surface area contributed by atoms with Crippen LogP contribution in [0.5, 0.6) is 5.75 Å². The number of hydrogen-bond acceptors (Lipinski definition) is 5. The largest absolute Gasteiger partial charge is 0.491 e. The Kier molecular flexibility index (Phi) is 5.45. The van der Waals surface area contributed by atoms with Crippen molar-refractivity contribution in [1.82, 2.24) is 15.1 Å². The Labute approximate surface area is 171 Å². The molecule has 1 aliphatic carbocycles. The maximum absolute atomic E-state index is 13.0. The van der Waals surface area contributed by atoms with Crippen LogP contribution in [-0.4, -0.2) is 80.3 Å². The van der Waals surface area contributed by atoms with Gasteiger partial charge < -0.3 is 24.6 Å². The van der Waals surface area contributed by atoms with Gasteiger partial charge in [0.2, 0.25) is 5.91 Å². The monoisotopic (exact) mass is 403 g/mol. The van der Waals surface area contributed by atoms with Crippen molar-refractivity contribution in [2.45, 2.75) is 25.0 Å². The zero-order valence-electron chi connectivity index (χ0n) is 16.8. The SMILES string of the molecule is O=C1COC(COc2ccc(F)cc2)CN1C1CCN(CC2[C@H]3CNC[C@@H]23)CC1. The van der Waals surface area contributed by atoms with Gasteiger partial charge in [-0.25, -0.2) is 4.39 Å². The summed E-state index contributed by atoms with van der Waals surface area (Å²) in [6.45, 7) is 6.86. The lowest BCUT2D eigenvalue weighted by molar-refractivity contribution is -0.155. The van der Waals surface area contributed by atoms with Crippen LogP contribution >= 0.6 is 0 Å². The van der Waals surface area contributed by atoms with E-state index in [9.17, 15) is 9.18 Å². The lowest BCUT2D eigenvalue weighted by atomic mass is 10.0. The van der Waals surface area contributed by atoms with Crippen LogP contribution in [0.15, 0.2) is 24.3 Å². The molecule has 7 heteroatoms. The molecule has 2 unspecified atom stereocenters. The molecule has 1 saturated carbocycles. The number of hydrogen-bond donors (Lipinski definition) is 1. The van der Waals surface area contributed by atoms with Crippen molar-refractivity contribution < 1.29 is 18.7 Å². The van der Waals surface area contributed by atoms with Crippen molar-refractivity contribution in [2.75, 3.05) is 52.5 Å². The molecule has 1 aromatic carbocycles. The average molecular weight is 403 g/mol. The number of carbonyl (C=O) groups excluding carboxylic acids is 1. The number of benzene rings is 1. The first kappa shape index (κ1) is 19.3. The van der Waals surface area contributed by atoms with E-state index >= 15 is 0 Å². The summed E-state index contributed by atoms with van der Waals surface area (Å²) >= 11 is 0. The number of ether oxygens (including phenoxy) is 2. The topological polar surface area (TPSA) is 54.0 Å². The van der Waals surface area contributed by atoms with Gasteiger partial charge >= 0.3 is 0 Å². The number of fused-ring (bicyclic) bond motifs is 1. The minimum absolute atomic E-state index is 0.0873. The van der Waals surface area contributed by atoms with E-state index in [1.807, 2.05) is 4.90 Å². The Balaban J connectivity index is 1.08. The average Bonchev–Trinajstić information content (AvgIpc) is 3.15. The summed E-state index contributed by atoms with van der Waals surface area (Å²) in [5.74, 6) is 3.14. The number of piperidine rings is 2. The molecule has 6 nitrogen and oxygen atoms in total. The van der Waals surface area contributed by atoms with Crippen LogP contribution in [0, 0.1) is 23.6 Å². The predicted molar refractivity (Wildman–Crippen MR) is 106 cm³/mol. The number of nitrogens with zero attached hydrogens (tertiary/aromatic N) is 2. The number of halogens is 1. The maximum atomic E-state index is 13.0. The lowest BCUT2D eigenvalue weighted by Gasteiger charge is -2.42. The van der Waals surface area contributed by atoms with Crippen LogP contribution in [0.3, 0.4) is 0 Å². The molecule has 4 aliphatic rings. The molecule has 0 radical (unpaired) electrons. The summed E-state index contributed by atoms with van der Waals surface area (Å²) < 4.78 is 24.4. The van der Waals surface area contributed by atoms with Gasteiger partial charge in [-0.15, -0.1) is 0 Å². The molecule has 0 aromatic heterocycles. The van der Waals surface area contributed by atoms with Crippen molar-refractivity contribution in [2.24, 2.45) is 17.8 Å². The Hall–Kier alpha value is -1.70. The fourth-order valence-electron chi connectivity index (χ4n) is 5.35. The Morgan fingerprint density at radius 2 is 1.86 bits per heavy atom. The summed E-state index contributed by atoms with van der Waals surface area (Å²) in [5, 5.41) is 3.47. The second-order valence-electron chi connectivity index (χ2n) is 8.93. The smallest absolute Gasteiger partial charge is 0.248 e. The standard InChI is InChI=1S/C22H30FN3O3/c23-15-1-3-17(4-2-15)28-13-18-11-26(22(27)14-29-18)16-5-7-25(8-6-16)12-21-19-9-24-10-20(19)21/h1-4,16,18-21,24H,5-14H2/t18?,19-,20+,21?. The molecule has 3 heterocycles.